The second-order valence-corrected chi connectivity index (χ2v) is 4.06. The van der Waals surface area contributed by atoms with E-state index in [1.165, 1.54) is 19.2 Å². The van der Waals surface area contributed by atoms with E-state index in [0.717, 1.165) is 0 Å². The predicted molar refractivity (Wildman–Crippen MR) is 67.5 cm³/mol. The first-order valence-electron chi connectivity index (χ1n) is 4.83. The number of nitrogens with two attached hydrogens (primary N) is 1. The van der Waals surface area contributed by atoms with Crippen LogP contribution in [0.2, 0.25) is 10.0 Å². The molecule has 3 N–H and O–H groups in total. The zero-order chi connectivity index (χ0) is 13.7. The molecule has 1 aromatic carbocycles. The Morgan fingerprint density at radius 3 is 2.72 bits per heavy atom. The summed E-state index contributed by atoms with van der Waals surface area (Å²) in [6, 6.07) is 2.78. The molecule has 0 aliphatic heterocycles. The molecule has 1 rings (SSSR count). The maximum absolute atomic E-state index is 12.3. The minimum Gasteiger partial charge on any atom is -0.433 e. The normalized spacial score (nSPS) is 11.8. The zero-order valence-electron chi connectivity index (χ0n) is 9.38. The topological polar surface area (TPSA) is 59.6 Å². The van der Waals surface area contributed by atoms with E-state index in [-0.39, 0.29) is 23.3 Å². The molecule has 0 saturated heterocycles. The third kappa shape index (κ3) is 4.19. The lowest BCUT2D eigenvalue weighted by molar-refractivity contribution is -0.0504. The van der Waals surface area contributed by atoms with Crippen LogP contribution in [0.3, 0.4) is 0 Å². The number of hydrogen-bond acceptors (Lipinski definition) is 2. The van der Waals surface area contributed by atoms with Crippen LogP contribution in [0.15, 0.2) is 17.1 Å². The van der Waals surface area contributed by atoms with Crippen molar-refractivity contribution in [3.05, 3.63) is 27.7 Å². The second-order valence-electron chi connectivity index (χ2n) is 3.22. The Morgan fingerprint density at radius 1 is 1.50 bits per heavy atom. The highest BCUT2D eigenvalue weighted by Gasteiger charge is 2.15. The molecule has 0 fully saturated rings. The number of aliphatic imine (C=N–C) groups is 1. The Kier molecular flexibility index (Phi) is 5.43. The van der Waals surface area contributed by atoms with E-state index in [1.54, 1.807) is 0 Å². The van der Waals surface area contributed by atoms with Crippen molar-refractivity contribution >= 4 is 29.2 Å². The third-order valence-electron chi connectivity index (χ3n) is 1.99. The van der Waals surface area contributed by atoms with E-state index in [9.17, 15) is 8.78 Å². The summed E-state index contributed by atoms with van der Waals surface area (Å²) in [5.41, 5.74) is 5.79. The predicted octanol–water partition coefficient (Wildman–Crippen LogP) is 2.63. The van der Waals surface area contributed by atoms with Crippen LogP contribution in [0.5, 0.6) is 5.75 Å². The Morgan fingerprint density at radius 2 is 2.17 bits per heavy atom. The van der Waals surface area contributed by atoms with Crippen LogP contribution in [-0.4, -0.2) is 19.6 Å². The average molecular weight is 298 g/mol. The standard InChI is InChI=1S/C10H11Cl2F2N3O/c1-16-10(15)17-4-5-2-6(11)3-7(12)8(5)18-9(13)14/h2-3,9H,4H2,1H3,(H3,15,16,17). The molecule has 0 atom stereocenters. The van der Waals surface area contributed by atoms with Crippen LogP contribution in [0.1, 0.15) is 5.56 Å². The first-order valence-corrected chi connectivity index (χ1v) is 5.58. The van der Waals surface area contributed by atoms with Crippen molar-refractivity contribution in [2.45, 2.75) is 13.2 Å². The maximum Gasteiger partial charge on any atom is 0.387 e. The van der Waals surface area contributed by atoms with Gasteiger partial charge in [-0.2, -0.15) is 8.78 Å². The van der Waals surface area contributed by atoms with Crippen LogP contribution in [0.25, 0.3) is 0 Å². The molecule has 0 spiro atoms. The lowest BCUT2D eigenvalue weighted by Crippen LogP contribution is -2.31. The number of hydrogen-bond donors (Lipinski definition) is 2. The Balaban J connectivity index is 2.99. The summed E-state index contributed by atoms with van der Waals surface area (Å²) in [7, 11) is 1.49. The molecule has 0 unspecified atom stereocenters. The van der Waals surface area contributed by atoms with Crippen molar-refractivity contribution in [3.8, 4) is 5.75 Å². The van der Waals surface area contributed by atoms with E-state index in [1.807, 2.05) is 0 Å². The summed E-state index contributed by atoms with van der Waals surface area (Å²) in [6.07, 6.45) is 0. The van der Waals surface area contributed by atoms with Gasteiger partial charge in [0.05, 0.1) is 5.02 Å². The number of nitrogens with zero attached hydrogens (tertiary/aromatic N) is 1. The van der Waals surface area contributed by atoms with Gasteiger partial charge in [0.15, 0.2) is 5.96 Å². The third-order valence-corrected chi connectivity index (χ3v) is 2.49. The summed E-state index contributed by atoms with van der Waals surface area (Å²) in [5.74, 6) is 0.0292. The van der Waals surface area contributed by atoms with Crippen LogP contribution in [-0.2, 0) is 6.54 Å². The van der Waals surface area contributed by atoms with E-state index >= 15 is 0 Å². The van der Waals surface area contributed by atoms with Crippen molar-refractivity contribution in [2.75, 3.05) is 7.05 Å². The van der Waals surface area contributed by atoms with Crippen LogP contribution >= 0.6 is 23.2 Å². The summed E-state index contributed by atoms with van der Waals surface area (Å²) in [4.78, 5) is 3.67. The van der Waals surface area contributed by atoms with E-state index in [4.69, 9.17) is 28.9 Å². The lowest BCUT2D eigenvalue weighted by atomic mass is 10.2. The van der Waals surface area contributed by atoms with Gasteiger partial charge in [0.25, 0.3) is 0 Å². The van der Waals surface area contributed by atoms with Crippen molar-refractivity contribution < 1.29 is 13.5 Å². The number of benzene rings is 1. The SMILES string of the molecule is CN=C(N)NCc1cc(Cl)cc(Cl)c1OC(F)F. The molecule has 8 heteroatoms. The molecular weight excluding hydrogens is 287 g/mol. The molecule has 0 aromatic heterocycles. The highest BCUT2D eigenvalue weighted by atomic mass is 35.5. The fraction of sp³-hybridized carbons (Fsp3) is 0.300. The molecule has 0 amide bonds. The largest absolute Gasteiger partial charge is 0.433 e. The van der Waals surface area contributed by atoms with Crippen molar-refractivity contribution in [3.63, 3.8) is 0 Å². The number of nitrogens with one attached hydrogen (secondary N) is 1. The highest BCUT2D eigenvalue weighted by Crippen LogP contribution is 2.33. The quantitative estimate of drug-likeness (QED) is 0.663. The van der Waals surface area contributed by atoms with Gasteiger partial charge in [-0.05, 0) is 12.1 Å². The smallest absolute Gasteiger partial charge is 0.387 e. The molecule has 4 nitrogen and oxygen atoms in total. The number of halogens is 4. The number of guanidine groups is 1. The maximum atomic E-state index is 12.3. The van der Waals surface area contributed by atoms with Gasteiger partial charge in [-0.15, -0.1) is 0 Å². The fourth-order valence-electron chi connectivity index (χ4n) is 1.23. The van der Waals surface area contributed by atoms with Gasteiger partial charge in [-0.3, -0.25) is 4.99 Å². The zero-order valence-corrected chi connectivity index (χ0v) is 10.9. The van der Waals surface area contributed by atoms with Gasteiger partial charge >= 0.3 is 6.61 Å². The van der Waals surface area contributed by atoms with Gasteiger partial charge in [-0.25, -0.2) is 0 Å². The van der Waals surface area contributed by atoms with E-state index < -0.39 is 6.61 Å². The Labute approximate surface area is 113 Å². The highest BCUT2D eigenvalue weighted by molar-refractivity contribution is 6.35. The molecule has 1 aromatic rings. The first kappa shape index (κ1) is 14.8. The molecule has 18 heavy (non-hydrogen) atoms. The first-order chi connectivity index (χ1) is 8.43. The molecule has 0 saturated carbocycles. The summed E-state index contributed by atoms with van der Waals surface area (Å²) in [5, 5.41) is 3.02. The second kappa shape index (κ2) is 6.61. The van der Waals surface area contributed by atoms with Gasteiger partial charge < -0.3 is 15.8 Å². The number of ether oxygens (including phenoxy) is 1. The van der Waals surface area contributed by atoms with E-state index in [2.05, 4.69) is 15.0 Å². The Bertz CT molecular complexity index is 455. The van der Waals surface area contributed by atoms with Crippen LogP contribution in [0, 0.1) is 0 Å². The summed E-state index contributed by atoms with van der Waals surface area (Å²) < 4.78 is 28.9. The van der Waals surface area contributed by atoms with Crippen molar-refractivity contribution in [1.82, 2.24) is 5.32 Å². The van der Waals surface area contributed by atoms with Crippen molar-refractivity contribution in [1.29, 1.82) is 0 Å². The molecule has 0 bridgehead atoms. The lowest BCUT2D eigenvalue weighted by Gasteiger charge is -2.13. The molecule has 100 valence electrons. The van der Waals surface area contributed by atoms with Crippen molar-refractivity contribution in [2.24, 2.45) is 10.7 Å². The average Bonchev–Trinajstić information content (AvgIpc) is 2.29. The van der Waals surface area contributed by atoms with Crippen LogP contribution in [0.4, 0.5) is 8.78 Å². The van der Waals surface area contributed by atoms with Gasteiger partial charge in [-0.1, -0.05) is 23.2 Å². The molecule has 0 aliphatic rings. The number of alkyl halides is 2. The minimum atomic E-state index is -2.97. The molecule has 0 heterocycles. The fourth-order valence-corrected chi connectivity index (χ4v) is 1.81. The van der Waals surface area contributed by atoms with Gasteiger partial charge in [0.2, 0.25) is 0 Å². The molecule has 0 aliphatic carbocycles. The molecular formula is C10H11Cl2F2N3O. The monoisotopic (exact) mass is 297 g/mol. The Hall–Kier alpha value is -1.27. The summed E-state index contributed by atoms with van der Waals surface area (Å²) >= 11 is 11.6. The minimum absolute atomic E-state index is 0.00612. The summed E-state index contributed by atoms with van der Waals surface area (Å²) in [6.45, 7) is -2.86. The van der Waals surface area contributed by atoms with Crippen LogP contribution < -0.4 is 15.8 Å². The molecule has 0 radical (unpaired) electrons. The number of rotatable bonds is 4. The van der Waals surface area contributed by atoms with E-state index in [0.29, 0.717) is 10.6 Å². The van der Waals surface area contributed by atoms with Gasteiger partial charge in [0, 0.05) is 24.2 Å². The van der Waals surface area contributed by atoms with Gasteiger partial charge in [0.1, 0.15) is 5.75 Å².